The lowest BCUT2D eigenvalue weighted by Crippen LogP contribution is -1.93. The summed E-state index contributed by atoms with van der Waals surface area (Å²) in [5.41, 5.74) is 1.48. The molecule has 1 heterocycles. The number of hydrogen-bond donors (Lipinski definition) is 0. The van der Waals surface area contributed by atoms with E-state index >= 15 is 0 Å². The molecule has 0 spiro atoms. The van der Waals surface area contributed by atoms with Crippen LogP contribution in [0.5, 0.6) is 5.88 Å². The second-order valence-corrected chi connectivity index (χ2v) is 4.01. The molecule has 4 heteroatoms. The number of alkyl halides is 1. The van der Waals surface area contributed by atoms with E-state index in [9.17, 15) is 4.39 Å². The van der Waals surface area contributed by atoms with Gasteiger partial charge in [-0.05, 0) is 18.4 Å². The number of ether oxygens (including phenoxy) is 1. The van der Waals surface area contributed by atoms with Crippen LogP contribution in [0.25, 0.3) is 5.57 Å². The van der Waals surface area contributed by atoms with E-state index in [2.05, 4.69) is 4.98 Å². The number of allylic oxidation sites excluding steroid dienone is 2. The smallest absolute Gasteiger partial charge is 0.213 e. The van der Waals surface area contributed by atoms with Crippen LogP contribution in [0.1, 0.15) is 18.4 Å². The number of pyridine rings is 1. The molecule has 15 heavy (non-hydrogen) atoms. The maximum Gasteiger partial charge on any atom is 0.213 e. The molecule has 1 aliphatic carbocycles. The molecule has 0 fully saturated rings. The Morgan fingerprint density at radius 1 is 1.60 bits per heavy atom. The zero-order valence-electron chi connectivity index (χ0n) is 8.34. The molecule has 0 radical (unpaired) electrons. The van der Waals surface area contributed by atoms with Gasteiger partial charge in [0.15, 0.2) is 0 Å². The van der Waals surface area contributed by atoms with Gasteiger partial charge in [0.1, 0.15) is 5.82 Å². The molecule has 0 bridgehead atoms. The molecule has 0 N–H and O–H groups in total. The molecule has 80 valence electrons. The highest BCUT2D eigenvalue weighted by Gasteiger charge is 2.18. The number of hydrogen-bond acceptors (Lipinski definition) is 2. The van der Waals surface area contributed by atoms with Crippen molar-refractivity contribution in [3.8, 4) is 5.88 Å². The highest BCUT2D eigenvalue weighted by Crippen LogP contribution is 2.32. The lowest BCUT2D eigenvalue weighted by molar-refractivity contribution is 0.395. The molecule has 0 saturated carbocycles. The van der Waals surface area contributed by atoms with Gasteiger partial charge in [0, 0.05) is 11.6 Å². The Morgan fingerprint density at radius 2 is 2.40 bits per heavy atom. The molecular formula is C11H11ClFNO. The van der Waals surface area contributed by atoms with E-state index in [-0.39, 0.29) is 11.2 Å². The number of rotatable bonds is 2. The molecule has 1 aliphatic rings. The molecule has 1 unspecified atom stereocenters. The second kappa shape index (κ2) is 4.19. The topological polar surface area (TPSA) is 22.1 Å². The molecule has 2 rings (SSSR count). The van der Waals surface area contributed by atoms with Gasteiger partial charge in [-0.25, -0.2) is 9.37 Å². The van der Waals surface area contributed by atoms with Gasteiger partial charge < -0.3 is 4.74 Å². The van der Waals surface area contributed by atoms with Crippen molar-refractivity contribution < 1.29 is 9.13 Å². The highest BCUT2D eigenvalue weighted by molar-refractivity contribution is 6.22. The summed E-state index contributed by atoms with van der Waals surface area (Å²) in [5.74, 6) is 0.0955. The summed E-state index contributed by atoms with van der Waals surface area (Å²) in [4.78, 5) is 3.79. The lowest BCUT2D eigenvalue weighted by atomic mass is 10.1. The predicted octanol–water partition coefficient (Wildman–Crippen LogP) is 3.01. The molecule has 1 atom stereocenters. The van der Waals surface area contributed by atoms with Crippen LogP contribution in [0.4, 0.5) is 4.39 Å². The molecule has 0 amide bonds. The minimum atomic E-state index is -0.326. The zero-order valence-corrected chi connectivity index (χ0v) is 9.09. The van der Waals surface area contributed by atoms with Crippen molar-refractivity contribution in [2.75, 3.05) is 7.11 Å². The molecule has 1 aromatic rings. The van der Waals surface area contributed by atoms with Crippen LogP contribution in [0, 0.1) is 5.82 Å². The Morgan fingerprint density at radius 3 is 3.00 bits per heavy atom. The Hall–Kier alpha value is -1.09. The van der Waals surface area contributed by atoms with E-state index in [1.54, 1.807) is 6.07 Å². The Bertz CT molecular complexity index is 406. The first-order valence-electron chi connectivity index (χ1n) is 4.75. The van der Waals surface area contributed by atoms with Crippen molar-refractivity contribution in [1.82, 2.24) is 4.98 Å². The van der Waals surface area contributed by atoms with Gasteiger partial charge >= 0.3 is 0 Å². The van der Waals surface area contributed by atoms with Crippen molar-refractivity contribution in [3.05, 3.63) is 29.7 Å². The summed E-state index contributed by atoms with van der Waals surface area (Å²) in [7, 11) is 1.51. The zero-order chi connectivity index (χ0) is 10.8. The number of aromatic nitrogens is 1. The van der Waals surface area contributed by atoms with Gasteiger partial charge in [-0.2, -0.15) is 0 Å². The maximum absolute atomic E-state index is 13.5. The lowest BCUT2D eigenvalue weighted by Gasteiger charge is -2.05. The third-order valence-electron chi connectivity index (χ3n) is 2.46. The SMILES string of the molecule is COc1cc(C2=CC(Cl)CC2)c(F)cn1. The van der Waals surface area contributed by atoms with Crippen molar-refractivity contribution >= 4 is 17.2 Å². The van der Waals surface area contributed by atoms with Gasteiger partial charge in [0.2, 0.25) is 5.88 Å². The molecule has 0 saturated heterocycles. The first kappa shape index (κ1) is 10.4. The maximum atomic E-state index is 13.5. The fraction of sp³-hybridized carbons (Fsp3) is 0.364. The first-order chi connectivity index (χ1) is 7.20. The van der Waals surface area contributed by atoms with E-state index in [1.165, 1.54) is 13.3 Å². The van der Waals surface area contributed by atoms with Crippen LogP contribution in [-0.2, 0) is 0 Å². The van der Waals surface area contributed by atoms with E-state index < -0.39 is 0 Å². The highest BCUT2D eigenvalue weighted by atomic mass is 35.5. The van der Waals surface area contributed by atoms with Crippen molar-refractivity contribution in [3.63, 3.8) is 0 Å². The van der Waals surface area contributed by atoms with Crippen molar-refractivity contribution in [1.29, 1.82) is 0 Å². The largest absolute Gasteiger partial charge is 0.481 e. The fourth-order valence-electron chi connectivity index (χ4n) is 1.68. The summed E-state index contributed by atoms with van der Waals surface area (Å²) in [6, 6.07) is 1.61. The van der Waals surface area contributed by atoms with Crippen LogP contribution < -0.4 is 4.74 Å². The summed E-state index contributed by atoms with van der Waals surface area (Å²) in [6.07, 6.45) is 4.73. The third-order valence-corrected chi connectivity index (χ3v) is 2.80. The average molecular weight is 228 g/mol. The van der Waals surface area contributed by atoms with Gasteiger partial charge in [-0.3, -0.25) is 0 Å². The number of nitrogens with zero attached hydrogens (tertiary/aromatic N) is 1. The minimum Gasteiger partial charge on any atom is -0.481 e. The Labute approximate surface area is 92.7 Å². The summed E-state index contributed by atoms with van der Waals surface area (Å²) in [6.45, 7) is 0. The Balaban J connectivity index is 2.38. The van der Waals surface area contributed by atoms with Gasteiger partial charge in [0.05, 0.1) is 18.7 Å². The molecule has 1 aromatic heterocycles. The summed E-state index contributed by atoms with van der Waals surface area (Å²) < 4.78 is 18.4. The van der Waals surface area contributed by atoms with Crippen LogP contribution in [0.3, 0.4) is 0 Å². The predicted molar refractivity (Wildman–Crippen MR) is 57.6 cm³/mol. The van der Waals surface area contributed by atoms with Crippen LogP contribution in [-0.4, -0.2) is 17.5 Å². The number of halogens is 2. The standard InChI is InChI=1S/C11H11ClFNO/c1-15-11-5-9(10(13)6-14-11)7-2-3-8(12)4-7/h4-6,8H,2-3H2,1H3. The minimum absolute atomic E-state index is 0.0126. The molecule has 0 aromatic carbocycles. The summed E-state index contributed by atoms with van der Waals surface area (Å²) >= 11 is 5.94. The number of methoxy groups -OCH3 is 1. The first-order valence-corrected chi connectivity index (χ1v) is 5.19. The second-order valence-electron chi connectivity index (χ2n) is 3.45. The average Bonchev–Trinajstić information content (AvgIpc) is 2.65. The van der Waals surface area contributed by atoms with E-state index in [4.69, 9.17) is 16.3 Å². The van der Waals surface area contributed by atoms with E-state index in [0.717, 1.165) is 18.4 Å². The molecule has 2 nitrogen and oxygen atoms in total. The fourth-order valence-corrected chi connectivity index (χ4v) is 1.94. The quantitative estimate of drug-likeness (QED) is 0.725. The van der Waals surface area contributed by atoms with Gasteiger partial charge in [-0.15, -0.1) is 11.6 Å². The Kier molecular flexibility index (Phi) is 2.91. The molecule has 0 aliphatic heterocycles. The van der Waals surface area contributed by atoms with Gasteiger partial charge in [-0.1, -0.05) is 6.08 Å². The normalized spacial score (nSPS) is 20.2. The summed E-state index contributed by atoms with van der Waals surface area (Å²) in [5, 5.41) is 0.0126. The van der Waals surface area contributed by atoms with Crippen molar-refractivity contribution in [2.24, 2.45) is 0 Å². The van der Waals surface area contributed by atoms with Crippen LogP contribution >= 0.6 is 11.6 Å². The van der Waals surface area contributed by atoms with Crippen LogP contribution in [0.15, 0.2) is 18.3 Å². The van der Waals surface area contributed by atoms with E-state index in [1.807, 2.05) is 6.08 Å². The molecular weight excluding hydrogens is 217 g/mol. The van der Waals surface area contributed by atoms with Crippen LogP contribution in [0.2, 0.25) is 0 Å². The van der Waals surface area contributed by atoms with E-state index in [0.29, 0.717) is 11.4 Å². The monoisotopic (exact) mass is 227 g/mol. The third kappa shape index (κ3) is 2.12. The van der Waals surface area contributed by atoms with Crippen molar-refractivity contribution in [2.45, 2.75) is 18.2 Å². The van der Waals surface area contributed by atoms with Gasteiger partial charge in [0.25, 0.3) is 0 Å².